The van der Waals surface area contributed by atoms with Crippen molar-refractivity contribution < 1.29 is 9.53 Å². The van der Waals surface area contributed by atoms with E-state index in [1.54, 1.807) is 24.4 Å². The van der Waals surface area contributed by atoms with Crippen LogP contribution < -0.4 is 15.1 Å². The monoisotopic (exact) mass is 433 g/mol. The minimum atomic E-state index is -0.375. The van der Waals surface area contributed by atoms with Gasteiger partial charge in [-0.2, -0.15) is 5.10 Å². The fourth-order valence-corrected chi connectivity index (χ4v) is 4.09. The number of ether oxygens (including phenoxy) is 1. The number of carbonyl (C=O) groups excluding carboxylic acids is 1. The highest BCUT2D eigenvalue weighted by molar-refractivity contribution is 6.35. The number of fused-ring (bicyclic) bond motifs is 1. The number of rotatable bonds is 5. The van der Waals surface area contributed by atoms with Crippen LogP contribution in [0.1, 0.15) is 44.2 Å². The first kappa shape index (κ1) is 21.5. The standard InChI is InChI=1S/C22H25Cl2N3O2/c1-14-11-22(2,3)27(4)19-7-5-15(9-17(14)19)12-25-26-21(28)13-29-20-8-6-16(23)10-18(20)24/h5-10,12,14H,11,13H2,1-4H3,(H,26,28)/b25-12+/t14-/m1/s1. The highest BCUT2D eigenvalue weighted by atomic mass is 35.5. The van der Waals surface area contributed by atoms with Crippen LogP contribution in [0.3, 0.4) is 0 Å². The Morgan fingerprint density at radius 2 is 2.07 bits per heavy atom. The van der Waals surface area contributed by atoms with E-state index < -0.39 is 0 Å². The molecule has 0 aliphatic carbocycles. The van der Waals surface area contributed by atoms with E-state index in [2.05, 4.69) is 55.4 Å². The van der Waals surface area contributed by atoms with Gasteiger partial charge in [0.15, 0.2) is 6.61 Å². The molecule has 1 N–H and O–H groups in total. The van der Waals surface area contributed by atoms with E-state index in [-0.39, 0.29) is 18.1 Å². The van der Waals surface area contributed by atoms with Gasteiger partial charge in [0.2, 0.25) is 0 Å². The van der Waals surface area contributed by atoms with E-state index in [1.165, 1.54) is 11.3 Å². The number of carbonyl (C=O) groups is 1. The molecule has 0 saturated heterocycles. The van der Waals surface area contributed by atoms with Gasteiger partial charge in [-0.3, -0.25) is 4.79 Å². The Labute approximate surface area is 181 Å². The molecule has 0 aromatic heterocycles. The molecule has 0 radical (unpaired) electrons. The van der Waals surface area contributed by atoms with E-state index in [9.17, 15) is 4.79 Å². The van der Waals surface area contributed by atoms with E-state index in [1.807, 2.05) is 6.07 Å². The van der Waals surface area contributed by atoms with Crippen molar-refractivity contribution in [3.8, 4) is 5.75 Å². The normalized spacial score (nSPS) is 17.9. The third-order valence-electron chi connectivity index (χ3n) is 5.31. The number of hydrogen-bond acceptors (Lipinski definition) is 4. The molecule has 0 fully saturated rings. The lowest BCUT2D eigenvalue weighted by Crippen LogP contribution is -2.45. The summed E-state index contributed by atoms with van der Waals surface area (Å²) in [5.74, 6) is 0.475. The molecule has 1 aliphatic rings. The van der Waals surface area contributed by atoms with Gasteiger partial charge in [-0.05, 0) is 67.6 Å². The number of nitrogens with one attached hydrogen (secondary N) is 1. The van der Waals surface area contributed by atoms with Crippen molar-refractivity contribution in [1.82, 2.24) is 5.43 Å². The summed E-state index contributed by atoms with van der Waals surface area (Å²) in [6.45, 7) is 6.57. The summed E-state index contributed by atoms with van der Waals surface area (Å²) in [5, 5.41) is 4.90. The van der Waals surface area contributed by atoms with Crippen molar-refractivity contribution in [2.45, 2.75) is 38.6 Å². The molecule has 0 saturated carbocycles. The van der Waals surface area contributed by atoms with Crippen LogP contribution in [0.4, 0.5) is 5.69 Å². The average Bonchev–Trinajstić information content (AvgIpc) is 2.65. The fraction of sp³-hybridized carbons (Fsp3) is 0.364. The summed E-state index contributed by atoms with van der Waals surface area (Å²) in [7, 11) is 2.13. The molecular weight excluding hydrogens is 409 g/mol. The van der Waals surface area contributed by atoms with Gasteiger partial charge >= 0.3 is 0 Å². The first-order valence-electron chi connectivity index (χ1n) is 9.45. The number of benzene rings is 2. The Balaban J connectivity index is 1.59. The molecule has 154 valence electrons. The number of halogens is 2. The summed E-state index contributed by atoms with van der Waals surface area (Å²) in [6, 6.07) is 11.1. The van der Waals surface area contributed by atoms with Gasteiger partial charge in [0.25, 0.3) is 5.91 Å². The van der Waals surface area contributed by atoms with Gasteiger partial charge in [-0.15, -0.1) is 0 Å². The number of hydrogen-bond donors (Lipinski definition) is 1. The van der Waals surface area contributed by atoms with Gasteiger partial charge in [0, 0.05) is 23.3 Å². The van der Waals surface area contributed by atoms with Crippen molar-refractivity contribution in [2.24, 2.45) is 5.10 Å². The second-order valence-electron chi connectivity index (χ2n) is 7.95. The molecule has 0 unspecified atom stereocenters. The van der Waals surface area contributed by atoms with Crippen molar-refractivity contribution in [3.63, 3.8) is 0 Å². The summed E-state index contributed by atoms with van der Waals surface area (Å²) in [5.41, 5.74) is 6.07. The minimum Gasteiger partial charge on any atom is -0.482 e. The average molecular weight is 434 g/mol. The number of anilines is 1. The fourth-order valence-electron chi connectivity index (χ4n) is 3.62. The summed E-state index contributed by atoms with van der Waals surface area (Å²) >= 11 is 11.9. The lowest BCUT2D eigenvalue weighted by molar-refractivity contribution is -0.123. The molecule has 3 rings (SSSR count). The van der Waals surface area contributed by atoms with E-state index >= 15 is 0 Å². The zero-order valence-electron chi connectivity index (χ0n) is 17.0. The van der Waals surface area contributed by atoms with Crippen LogP contribution in [-0.2, 0) is 4.79 Å². The molecule has 29 heavy (non-hydrogen) atoms. The molecule has 7 heteroatoms. The van der Waals surface area contributed by atoms with E-state index in [0.717, 1.165) is 12.0 Å². The zero-order chi connectivity index (χ0) is 21.2. The quantitative estimate of drug-likeness (QED) is 0.517. The van der Waals surface area contributed by atoms with Crippen molar-refractivity contribution in [1.29, 1.82) is 0 Å². The van der Waals surface area contributed by atoms with Crippen LogP contribution in [-0.4, -0.2) is 31.3 Å². The van der Waals surface area contributed by atoms with Crippen LogP contribution in [0.2, 0.25) is 10.0 Å². The molecule has 2 aromatic rings. The van der Waals surface area contributed by atoms with Gasteiger partial charge in [-0.25, -0.2) is 5.43 Å². The Bertz CT molecular complexity index is 944. The molecule has 1 atom stereocenters. The van der Waals surface area contributed by atoms with Crippen molar-refractivity contribution in [2.75, 3.05) is 18.6 Å². The number of hydrazone groups is 1. The first-order chi connectivity index (χ1) is 13.7. The molecule has 1 heterocycles. The maximum atomic E-state index is 12.0. The first-order valence-corrected chi connectivity index (χ1v) is 10.2. The maximum Gasteiger partial charge on any atom is 0.277 e. The molecule has 1 amide bonds. The Morgan fingerprint density at radius 1 is 1.31 bits per heavy atom. The number of nitrogens with zero attached hydrogens (tertiary/aromatic N) is 2. The van der Waals surface area contributed by atoms with Crippen molar-refractivity contribution >= 4 is 41.0 Å². The zero-order valence-corrected chi connectivity index (χ0v) is 18.5. The Kier molecular flexibility index (Phi) is 6.39. The predicted molar refractivity (Wildman–Crippen MR) is 120 cm³/mol. The van der Waals surface area contributed by atoms with E-state index in [4.69, 9.17) is 27.9 Å². The van der Waals surface area contributed by atoms with Crippen molar-refractivity contribution in [3.05, 3.63) is 57.6 Å². The molecule has 0 bridgehead atoms. The topological polar surface area (TPSA) is 53.9 Å². The van der Waals surface area contributed by atoms with Crippen LogP contribution in [0.5, 0.6) is 5.75 Å². The van der Waals surface area contributed by atoms with E-state index in [0.29, 0.717) is 21.7 Å². The lowest BCUT2D eigenvalue weighted by atomic mass is 9.80. The van der Waals surface area contributed by atoms with Gasteiger partial charge in [0.05, 0.1) is 11.2 Å². The van der Waals surface area contributed by atoms with Crippen LogP contribution in [0.25, 0.3) is 0 Å². The third-order valence-corrected chi connectivity index (χ3v) is 5.84. The van der Waals surface area contributed by atoms with Crippen LogP contribution in [0.15, 0.2) is 41.5 Å². The largest absolute Gasteiger partial charge is 0.482 e. The van der Waals surface area contributed by atoms with Gasteiger partial charge in [-0.1, -0.05) is 36.2 Å². The molecule has 5 nitrogen and oxygen atoms in total. The molecule has 2 aromatic carbocycles. The molecular formula is C22H25Cl2N3O2. The minimum absolute atomic E-state index is 0.128. The summed E-state index contributed by atoms with van der Waals surface area (Å²) in [6.07, 6.45) is 2.72. The SMILES string of the molecule is C[C@@H]1CC(C)(C)N(C)c2ccc(/C=N/NC(=O)COc3ccc(Cl)cc3Cl)cc21. The maximum absolute atomic E-state index is 12.0. The predicted octanol–water partition coefficient (Wildman–Crippen LogP) is 5.24. The second-order valence-corrected chi connectivity index (χ2v) is 8.80. The van der Waals surface area contributed by atoms with Gasteiger partial charge in [0.1, 0.15) is 5.75 Å². The molecule has 1 aliphatic heterocycles. The Hall–Kier alpha value is -2.24. The highest BCUT2D eigenvalue weighted by Gasteiger charge is 2.33. The molecule has 0 spiro atoms. The van der Waals surface area contributed by atoms with Crippen LogP contribution in [0, 0.1) is 0 Å². The summed E-state index contributed by atoms with van der Waals surface area (Å²) in [4.78, 5) is 14.3. The van der Waals surface area contributed by atoms with Crippen LogP contribution >= 0.6 is 23.2 Å². The highest BCUT2D eigenvalue weighted by Crippen LogP contribution is 2.42. The summed E-state index contributed by atoms with van der Waals surface area (Å²) < 4.78 is 5.39. The smallest absolute Gasteiger partial charge is 0.277 e. The van der Waals surface area contributed by atoms with Gasteiger partial charge < -0.3 is 9.64 Å². The Morgan fingerprint density at radius 3 is 2.79 bits per heavy atom. The number of amides is 1. The third kappa shape index (κ3) is 5.03. The lowest BCUT2D eigenvalue weighted by Gasteiger charge is -2.45. The second kappa shape index (κ2) is 8.64.